The van der Waals surface area contributed by atoms with Crippen molar-refractivity contribution in [3.8, 4) is 0 Å². The monoisotopic (exact) mass is 215 g/mol. The lowest BCUT2D eigenvalue weighted by atomic mass is 10.3. The lowest BCUT2D eigenvalue weighted by Crippen LogP contribution is -2.25. The molecule has 2 atom stereocenters. The van der Waals surface area contributed by atoms with Crippen LogP contribution in [0.5, 0.6) is 0 Å². The van der Waals surface area contributed by atoms with Gasteiger partial charge in [-0.1, -0.05) is 11.3 Å². The average Bonchev–Trinajstić information content (AvgIpc) is 2.71. The molecule has 1 aliphatic rings. The molecule has 2 heterocycles. The third-order valence-corrected chi connectivity index (χ3v) is 3.23. The maximum absolute atomic E-state index is 9.62. The molecule has 0 aliphatic carbocycles. The van der Waals surface area contributed by atoms with Gasteiger partial charge in [-0.25, -0.2) is 0 Å². The molecule has 0 unspecified atom stereocenters. The highest BCUT2D eigenvalue weighted by Crippen LogP contribution is 2.24. The van der Waals surface area contributed by atoms with E-state index in [1.54, 1.807) is 7.11 Å². The summed E-state index contributed by atoms with van der Waals surface area (Å²) in [5, 5.41) is 19.4. The van der Waals surface area contributed by atoms with Crippen LogP contribution in [-0.2, 0) is 4.74 Å². The molecule has 1 N–H and O–H groups in total. The van der Waals surface area contributed by atoms with Crippen LogP contribution in [0.2, 0.25) is 0 Å². The van der Waals surface area contributed by atoms with Gasteiger partial charge in [0.25, 0.3) is 0 Å². The Morgan fingerprint density at radius 3 is 2.79 bits per heavy atom. The van der Waals surface area contributed by atoms with Gasteiger partial charge in [0.05, 0.1) is 6.10 Å². The second-order valence-electron chi connectivity index (χ2n) is 3.35. The zero-order valence-corrected chi connectivity index (χ0v) is 8.99. The van der Waals surface area contributed by atoms with Crippen LogP contribution in [0.3, 0.4) is 0 Å². The fourth-order valence-electron chi connectivity index (χ4n) is 1.56. The number of anilines is 1. The van der Waals surface area contributed by atoms with E-state index in [9.17, 15) is 5.11 Å². The van der Waals surface area contributed by atoms with Gasteiger partial charge in [0.1, 0.15) is 11.1 Å². The number of methoxy groups -OCH3 is 1. The summed E-state index contributed by atoms with van der Waals surface area (Å²) >= 11 is 1.54. The van der Waals surface area contributed by atoms with Crippen LogP contribution in [0, 0.1) is 6.92 Å². The summed E-state index contributed by atoms with van der Waals surface area (Å²) in [5.74, 6) is 0. The van der Waals surface area contributed by atoms with Gasteiger partial charge in [-0.05, 0) is 6.92 Å². The Morgan fingerprint density at radius 2 is 2.29 bits per heavy atom. The molecule has 78 valence electrons. The Balaban J connectivity index is 2.08. The molecular weight excluding hydrogens is 202 g/mol. The van der Waals surface area contributed by atoms with Crippen molar-refractivity contribution in [1.82, 2.24) is 10.2 Å². The maximum Gasteiger partial charge on any atom is 0.208 e. The van der Waals surface area contributed by atoms with Crippen molar-refractivity contribution in [2.75, 3.05) is 25.1 Å². The fraction of sp³-hybridized carbons (Fsp3) is 0.750. The quantitative estimate of drug-likeness (QED) is 0.755. The number of aromatic nitrogens is 2. The second-order valence-corrected chi connectivity index (χ2v) is 4.51. The third-order valence-electron chi connectivity index (χ3n) is 2.33. The van der Waals surface area contributed by atoms with Crippen molar-refractivity contribution in [3.05, 3.63) is 5.01 Å². The lowest BCUT2D eigenvalue weighted by Gasteiger charge is -2.12. The molecule has 0 radical (unpaired) electrons. The van der Waals surface area contributed by atoms with E-state index < -0.39 is 6.10 Å². The van der Waals surface area contributed by atoms with E-state index in [1.165, 1.54) is 11.3 Å². The number of hydrogen-bond donors (Lipinski definition) is 1. The summed E-state index contributed by atoms with van der Waals surface area (Å²) in [6.45, 7) is 3.18. The second kappa shape index (κ2) is 3.80. The number of aryl methyl sites for hydroxylation is 1. The summed E-state index contributed by atoms with van der Waals surface area (Å²) in [5.41, 5.74) is 0. The van der Waals surface area contributed by atoms with Crippen molar-refractivity contribution < 1.29 is 9.84 Å². The van der Waals surface area contributed by atoms with E-state index in [1.807, 2.05) is 11.8 Å². The largest absolute Gasteiger partial charge is 0.388 e. The highest BCUT2D eigenvalue weighted by Gasteiger charge is 2.32. The minimum atomic E-state index is -0.427. The zero-order chi connectivity index (χ0) is 10.1. The molecule has 1 aromatic rings. The molecule has 0 spiro atoms. The van der Waals surface area contributed by atoms with Gasteiger partial charge in [0.2, 0.25) is 5.13 Å². The van der Waals surface area contributed by atoms with Gasteiger partial charge in [0.15, 0.2) is 0 Å². The number of nitrogens with zero attached hydrogens (tertiary/aromatic N) is 3. The molecule has 6 heteroatoms. The van der Waals surface area contributed by atoms with Crippen LogP contribution < -0.4 is 4.90 Å². The number of aliphatic hydroxyl groups is 1. The molecule has 5 nitrogen and oxygen atoms in total. The molecule has 14 heavy (non-hydrogen) atoms. The van der Waals surface area contributed by atoms with E-state index in [0.717, 1.165) is 10.1 Å². The minimum absolute atomic E-state index is 0.112. The molecule has 0 saturated carbocycles. The van der Waals surface area contributed by atoms with Crippen molar-refractivity contribution in [2.24, 2.45) is 0 Å². The summed E-state index contributed by atoms with van der Waals surface area (Å²) in [7, 11) is 1.61. The predicted molar refractivity (Wildman–Crippen MR) is 53.7 cm³/mol. The molecule has 1 saturated heterocycles. The Labute approximate surface area is 86.3 Å². The van der Waals surface area contributed by atoms with E-state index in [2.05, 4.69) is 10.2 Å². The minimum Gasteiger partial charge on any atom is -0.388 e. The van der Waals surface area contributed by atoms with Crippen molar-refractivity contribution >= 4 is 16.5 Å². The lowest BCUT2D eigenvalue weighted by molar-refractivity contribution is 0.0217. The van der Waals surface area contributed by atoms with Crippen molar-refractivity contribution in [1.29, 1.82) is 0 Å². The van der Waals surface area contributed by atoms with Crippen molar-refractivity contribution in [3.63, 3.8) is 0 Å². The van der Waals surface area contributed by atoms with Gasteiger partial charge < -0.3 is 14.7 Å². The molecule has 1 fully saturated rings. The standard InChI is InChI=1S/C8H13N3O2S/c1-5-9-10-8(14-5)11-3-6(12)7(4-11)13-2/h6-7,12H,3-4H2,1-2H3/t6-,7-/m1/s1. The van der Waals surface area contributed by atoms with Crippen LogP contribution in [0.4, 0.5) is 5.13 Å². The number of β-amino-alcohol motifs (C(OH)–C–C–N with tert-alkyl or cyclic N) is 1. The van der Waals surface area contributed by atoms with E-state index in [4.69, 9.17) is 4.74 Å². The van der Waals surface area contributed by atoms with Gasteiger partial charge in [-0.3, -0.25) is 0 Å². The third kappa shape index (κ3) is 1.73. The number of ether oxygens (including phenoxy) is 1. The number of aliphatic hydroxyl groups excluding tert-OH is 1. The molecule has 2 rings (SSSR count). The van der Waals surface area contributed by atoms with Crippen LogP contribution in [-0.4, -0.2) is 47.7 Å². The maximum atomic E-state index is 9.62. The van der Waals surface area contributed by atoms with Gasteiger partial charge in [-0.15, -0.1) is 10.2 Å². The van der Waals surface area contributed by atoms with Crippen LogP contribution in [0.1, 0.15) is 5.01 Å². The van der Waals surface area contributed by atoms with E-state index in [-0.39, 0.29) is 6.10 Å². The first-order valence-electron chi connectivity index (χ1n) is 4.46. The first kappa shape index (κ1) is 9.82. The van der Waals surface area contributed by atoms with Crippen molar-refractivity contribution in [2.45, 2.75) is 19.1 Å². The highest BCUT2D eigenvalue weighted by atomic mass is 32.1. The average molecular weight is 215 g/mol. The summed E-state index contributed by atoms with van der Waals surface area (Å²) < 4.78 is 5.15. The molecule has 1 aliphatic heterocycles. The smallest absolute Gasteiger partial charge is 0.208 e. The predicted octanol–water partition coefficient (Wildman–Crippen LogP) is 0.0424. The van der Waals surface area contributed by atoms with E-state index in [0.29, 0.717) is 13.1 Å². The number of hydrogen-bond acceptors (Lipinski definition) is 6. The topological polar surface area (TPSA) is 58.5 Å². The van der Waals surface area contributed by atoms with Gasteiger partial charge in [0, 0.05) is 20.2 Å². The van der Waals surface area contributed by atoms with E-state index >= 15 is 0 Å². The normalized spacial score (nSPS) is 27.2. The molecule has 0 amide bonds. The molecular formula is C8H13N3O2S. The molecule has 0 aromatic carbocycles. The number of rotatable bonds is 2. The Bertz CT molecular complexity index is 317. The Hall–Kier alpha value is -0.720. The van der Waals surface area contributed by atoms with Crippen LogP contribution in [0.25, 0.3) is 0 Å². The SMILES string of the molecule is CO[C@@H]1CN(c2nnc(C)s2)C[C@H]1O. The van der Waals surface area contributed by atoms with Gasteiger partial charge >= 0.3 is 0 Å². The highest BCUT2D eigenvalue weighted by molar-refractivity contribution is 7.15. The van der Waals surface area contributed by atoms with Crippen LogP contribution >= 0.6 is 11.3 Å². The first-order valence-corrected chi connectivity index (χ1v) is 5.28. The molecule has 1 aromatic heterocycles. The first-order chi connectivity index (χ1) is 6.70. The van der Waals surface area contributed by atoms with Crippen LogP contribution in [0.15, 0.2) is 0 Å². The Morgan fingerprint density at radius 1 is 1.50 bits per heavy atom. The fourth-order valence-corrected chi connectivity index (χ4v) is 2.26. The summed E-state index contributed by atoms with van der Waals surface area (Å²) in [6, 6.07) is 0. The summed E-state index contributed by atoms with van der Waals surface area (Å²) in [4.78, 5) is 2.00. The summed E-state index contributed by atoms with van der Waals surface area (Å²) in [6.07, 6.45) is -0.539. The van der Waals surface area contributed by atoms with Gasteiger partial charge in [-0.2, -0.15) is 0 Å². The Kier molecular flexibility index (Phi) is 2.66. The molecule has 0 bridgehead atoms. The zero-order valence-electron chi connectivity index (χ0n) is 8.17.